The van der Waals surface area contributed by atoms with E-state index in [1.165, 1.54) is 23.9 Å². The monoisotopic (exact) mass is 197 g/mol. The van der Waals surface area contributed by atoms with Gasteiger partial charge in [0.2, 0.25) is 5.91 Å². The van der Waals surface area contributed by atoms with Crippen LogP contribution in [-0.4, -0.2) is 11.7 Å². The van der Waals surface area contributed by atoms with E-state index in [2.05, 4.69) is 5.32 Å². The molecule has 1 amide bonds. The highest BCUT2D eigenvalue weighted by atomic mass is 32.2. The molecule has 1 N–H and O–H groups in total. The number of fused-ring (bicyclic) bond motifs is 1. The van der Waals surface area contributed by atoms with Crippen molar-refractivity contribution in [3.63, 3.8) is 0 Å². The summed E-state index contributed by atoms with van der Waals surface area (Å²) in [4.78, 5) is 11.9. The zero-order chi connectivity index (χ0) is 9.26. The molecule has 0 spiro atoms. The molecule has 2 rings (SSSR count). The standard InChI is InChI=1S/C9H8FNOS/c10-7-2-1-6-4-11-9(12)5-13-8(6)3-7/h1-3H,4-5H2,(H,11,12). The van der Waals surface area contributed by atoms with Gasteiger partial charge in [0.1, 0.15) is 5.82 Å². The van der Waals surface area contributed by atoms with Gasteiger partial charge in [0.05, 0.1) is 5.75 Å². The Morgan fingerprint density at radius 3 is 3.15 bits per heavy atom. The van der Waals surface area contributed by atoms with Crippen molar-refractivity contribution in [3.8, 4) is 0 Å². The number of hydrogen-bond acceptors (Lipinski definition) is 2. The summed E-state index contributed by atoms with van der Waals surface area (Å²) in [5.74, 6) is 0.124. The number of rotatable bonds is 0. The SMILES string of the molecule is O=C1CSc2cc(F)ccc2CN1. The number of carbonyl (C=O) groups is 1. The smallest absolute Gasteiger partial charge is 0.230 e. The van der Waals surface area contributed by atoms with Crippen LogP contribution in [-0.2, 0) is 11.3 Å². The van der Waals surface area contributed by atoms with Crippen molar-refractivity contribution in [2.75, 3.05) is 5.75 Å². The Morgan fingerprint density at radius 1 is 1.46 bits per heavy atom. The lowest BCUT2D eigenvalue weighted by atomic mass is 10.2. The van der Waals surface area contributed by atoms with Crippen molar-refractivity contribution in [1.29, 1.82) is 0 Å². The lowest BCUT2D eigenvalue weighted by molar-refractivity contribution is -0.118. The van der Waals surface area contributed by atoms with Gasteiger partial charge in [-0.1, -0.05) is 6.07 Å². The Labute approximate surface area is 79.5 Å². The summed E-state index contributed by atoms with van der Waals surface area (Å²) in [6.07, 6.45) is 0. The maximum Gasteiger partial charge on any atom is 0.230 e. The fourth-order valence-electron chi connectivity index (χ4n) is 1.20. The Morgan fingerprint density at radius 2 is 2.31 bits per heavy atom. The Balaban J connectivity index is 2.35. The fourth-order valence-corrected chi connectivity index (χ4v) is 2.11. The van der Waals surface area contributed by atoms with Gasteiger partial charge >= 0.3 is 0 Å². The van der Waals surface area contributed by atoms with E-state index in [4.69, 9.17) is 0 Å². The maximum absolute atomic E-state index is 12.8. The Kier molecular flexibility index (Phi) is 2.22. The van der Waals surface area contributed by atoms with Crippen molar-refractivity contribution < 1.29 is 9.18 Å². The molecule has 68 valence electrons. The molecule has 1 aromatic carbocycles. The molecule has 0 aliphatic carbocycles. The van der Waals surface area contributed by atoms with E-state index in [-0.39, 0.29) is 11.7 Å². The first-order valence-electron chi connectivity index (χ1n) is 3.93. The molecule has 0 radical (unpaired) electrons. The van der Waals surface area contributed by atoms with Crippen molar-refractivity contribution in [2.24, 2.45) is 0 Å². The molecule has 0 atom stereocenters. The predicted molar refractivity (Wildman–Crippen MR) is 49.0 cm³/mol. The van der Waals surface area contributed by atoms with Crippen LogP contribution >= 0.6 is 11.8 Å². The first kappa shape index (κ1) is 8.56. The van der Waals surface area contributed by atoms with Gasteiger partial charge in [-0.05, 0) is 17.7 Å². The molecule has 13 heavy (non-hydrogen) atoms. The second-order valence-electron chi connectivity index (χ2n) is 2.82. The average molecular weight is 197 g/mol. The summed E-state index contributed by atoms with van der Waals surface area (Å²) in [5, 5.41) is 2.74. The third-order valence-electron chi connectivity index (χ3n) is 1.86. The van der Waals surface area contributed by atoms with Crippen molar-refractivity contribution in [1.82, 2.24) is 5.32 Å². The largest absolute Gasteiger partial charge is 0.351 e. The van der Waals surface area contributed by atoms with Crippen molar-refractivity contribution in [2.45, 2.75) is 11.4 Å². The zero-order valence-electron chi connectivity index (χ0n) is 6.84. The third kappa shape index (κ3) is 1.83. The molecule has 0 unspecified atom stereocenters. The van der Waals surface area contributed by atoms with Gasteiger partial charge in [0, 0.05) is 11.4 Å². The minimum Gasteiger partial charge on any atom is -0.351 e. The first-order chi connectivity index (χ1) is 6.25. The first-order valence-corrected chi connectivity index (χ1v) is 4.92. The van der Waals surface area contributed by atoms with Crippen molar-refractivity contribution in [3.05, 3.63) is 29.6 Å². The number of carbonyl (C=O) groups excluding carboxylic acids is 1. The summed E-state index contributed by atoms with van der Waals surface area (Å²) < 4.78 is 12.8. The molecule has 0 bridgehead atoms. The van der Waals surface area contributed by atoms with E-state index in [1.54, 1.807) is 6.07 Å². The number of halogens is 1. The van der Waals surface area contributed by atoms with Crippen LogP contribution in [0.25, 0.3) is 0 Å². The van der Waals surface area contributed by atoms with Crippen LogP contribution in [0.1, 0.15) is 5.56 Å². The van der Waals surface area contributed by atoms with E-state index in [0.29, 0.717) is 12.3 Å². The second kappa shape index (κ2) is 3.38. The number of nitrogens with one attached hydrogen (secondary N) is 1. The summed E-state index contributed by atoms with van der Waals surface area (Å²) in [6, 6.07) is 4.60. The van der Waals surface area contributed by atoms with Gasteiger partial charge < -0.3 is 5.32 Å². The van der Waals surface area contributed by atoms with Crippen LogP contribution < -0.4 is 5.32 Å². The van der Waals surface area contributed by atoms with Crippen LogP contribution in [0.15, 0.2) is 23.1 Å². The zero-order valence-corrected chi connectivity index (χ0v) is 7.66. The van der Waals surface area contributed by atoms with Gasteiger partial charge in [0.15, 0.2) is 0 Å². The van der Waals surface area contributed by atoms with Crippen LogP contribution in [0, 0.1) is 5.82 Å². The molecule has 1 aliphatic heterocycles. The number of benzene rings is 1. The van der Waals surface area contributed by atoms with E-state index >= 15 is 0 Å². The summed E-state index contributed by atoms with van der Waals surface area (Å²) in [5.41, 5.74) is 0.984. The normalized spacial score (nSPS) is 15.9. The molecule has 0 fully saturated rings. The summed E-state index contributed by atoms with van der Waals surface area (Å²) in [6.45, 7) is 0.501. The maximum atomic E-state index is 12.8. The van der Waals surface area contributed by atoms with Crippen LogP contribution in [0.4, 0.5) is 4.39 Å². The quantitative estimate of drug-likeness (QED) is 0.683. The molecule has 0 saturated heterocycles. The van der Waals surface area contributed by atoms with Gasteiger partial charge in [-0.15, -0.1) is 11.8 Å². The highest BCUT2D eigenvalue weighted by molar-refractivity contribution is 8.00. The summed E-state index contributed by atoms with van der Waals surface area (Å²) in [7, 11) is 0. The number of thioether (sulfide) groups is 1. The highest BCUT2D eigenvalue weighted by Crippen LogP contribution is 2.25. The average Bonchev–Trinajstić information content (AvgIpc) is 2.29. The van der Waals surface area contributed by atoms with Crippen LogP contribution in [0.2, 0.25) is 0 Å². The minimum atomic E-state index is -0.249. The van der Waals surface area contributed by atoms with Gasteiger partial charge in [-0.2, -0.15) is 0 Å². The topological polar surface area (TPSA) is 29.1 Å². The van der Waals surface area contributed by atoms with E-state index in [9.17, 15) is 9.18 Å². The van der Waals surface area contributed by atoms with E-state index in [1.807, 2.05) is 0 Å². The van der Waals surface area contributed by atoms with E-state index < -0.39 is 0 Å². The Hall–Kier alpha value is -1.03. The molecule has 2 nitrogen and oxygen atoms in total. The lowest BCUT2D eigenvalue weighted by Crippen LogP contribution is -2.22. The van der Waals surface area contributed by atoms with Gasteiger partial charge in [-0.3, -0.25) is 4.79 Å². The van der Waals surface area contributed by atoms with Gasteiger partial charge in [-0.25, -0.2) is 4.39 Å². The summed E-state index contributed by atoms with van der Waals surface area (Å²) >= 11 is 1.38. The second-order valence-corrected chi connectivity index (χ2v) is 3.83. The van der Waals surface area contributed by atoms with Crippen LogP contribution in [0.3, 0.4) is 0 Å². The van der Waals surface area contributed by atoms with Gasteiger partial charge in [0.25, 0.3) is 0 Å². The number of hydrogen-bond donors (Lipinski definition) is 1. The molecule has 4 heteroatoms. The molecule has 0 aromatic heterocycles. The number of amides is 1. The fraction of sp³-hybridized carbons (Fsp3) is 0.222. The lowest BCUT2D eigenvalue weighted by Gasteiger charge is -2.02. The molecular formula is C9H8FNOS. The molecule has 1 heterocycles. The highest BCUT2D eigenvalue weighted by Gasteiger charge is 2.12. The van der Waals surface area contributed by atoms with Crippen LogP contribution in [0.5, 0.6) is 0 Å². The Bertz CT molecular complexity index is 353. The van der Waals surface area contributed by atoms with E-state index in [0.717, 1.165) is 10.5 Å². The van der Waals surface area contributed by atoms with Crippen molar-refractivity contribution >= 4 is 17.7 Å². The minimum absolute atomic E-state index is 0.00149. The molecule has 1 aromatic rings. The molecular weight excluding hydrogens is 189 g/mol. The molecule has 0 saturated carbocycles. The predicted octanol–water partition coefficient (Wildman–Crippen LogP) is 1.55. The molecule has 1 aliphatic rings. The third-order valence-corrected chi connectivity index (χ3v) is 2.96.